The zero-order valence-corrected chi connectivity index (χ0v) is 18.6. The van der Waals surface area contributed by atoms with Gasteiger partial charge in [-0.25, -0.2) is 13.1 Å². The molecule has 0 aliphatic carbocycles. The van der Waals surface area contributed by atoms with Gasteiger partial charge in [-0.3, -0.25) is 4.99 Å². The van der Waals surface area contributed by atoms with Crippen molar-refractivity contribution in [3.05, 3.63) is 29.8 Å². The van der Waals surface area contributed by atoms with E-state index < -0.39 is 15.6 Å². The summed E-state index contributed by atoms with van der Waals surface area (Å²) in [6, 6.07) is 7.11. The maximum absolute atomic E-state index is 12.8. The van der Waals surface area contributed by atoms with Gasteiger partial charge in [-0.1, -0.05) is 25.1 Å². The molecule has 0 amide bonds. The molecule has 1 aromatic rings. The average Bonchev–Trinajstić information content (AvgIpc) is 2.61. The van der Waals surface area contributed by atoms with Crippen molar-refractivity contribution in [3.63, 3.8) is 0 Å². The van der Waals surface area contributed by atoms with Gasteiger partial charge in [0, 0.05) is 43.2 Å². The molecule has 1 unspecified atom stereocenters. The monoisotopic (exact) mass is 412 g/mol. The zero-order valence-electron chi connectivity index (χ0n) is 16.9. The summed E-state index contributed by atoms with van der Waals surface area (Å²) in [4.78, 5) is 6.97. The van der Waals surface area contributed by atoms with Crippen molar-refractivity contribution in [2.45, 2.75) is 56.3 Å². The number of hydrogen-bond acceptors (Lipinski definition) is 4. The lowest BCUT2D eigenvalue weighted by Crippen LogP contribution is -2.47. The summed E-state index contributed by atoms with van der Waals surface area (Å²) in [5.74, 6) is 1.91. The second-order valence-corrected chi connectivity index (χ2v) is 10.8. The summed E-state index contributed by atoms with van der Waals surface area (Å²) in [6.45, 7) is 10.1. The Kier molecular flexibility index (Phi) is 7.59. The molecule has 1 saturated heterocycles. The summed E-state index contributed by atoms with van der Waals surface area (Å²) >= 11 is 2.01. The summed E-state index contributed by atoms with van der Waals surface area (Å²) < 4.78 is 28.3. The van der Waals surface area contributed by atoms with E-state index in [0.717, 1.165) is 36.8 Å². The summed E-state index contributed by atoms with van der Waals surface area (Å²) in [6.07, 6.45) is 1.14. The van der Waals surface area contributed by atoms with Gasteiger partial charge in [0.15, 0.2) is 5.96 Å². The molecule has 2 rings (SSSR count). The van der Waals surface area contributed by atoms with Crippen LogP contribution in [0.2, 0.25) is 0 Å². The van der Waals surface area contributed by atoms with Crippen molar-refractivity contribution >= 4 is 27.7 Å². The minimum absolute atomic E-state index is 0.309. The van der Waals surface area contributed by atoms with Gasteiger partial charge in [-0.05, 0) is 38.8 Å². The first-order valence-corrected chi connectivity index (χ1v) is 11.9. The molecule has 0 radical (unpaired) electrons. The fourth-order valence-corrected chi connectivity index (χ4v) is 5.87. The van der Waals surface area contributed by atoms with Crippen molar-refractivity contribution < 1.29 is 8.42 Å². The highest BCUT2D eigenvalue weighted by Gasteiger charge is 2.25. The molecule has 1 aliphatic rings. The summed E-state index contributed by atoms with van der Waals surface area (Å²) in [7, 11) is -1.81. The van der Waals surface area contributed by atoms with Crippen molar-refractivity contribution in [1.82, 2.24) is 14.9 Å². The number of thioether (sulfide) groups is 1. The third kappa shape index (κ3) is 6.40. The third-order valence-corrected chi connectivity index (χ3v) is 7.48. The minimum atomic E-state index is -3.59. The first-order valence-electron chi connectivity index (χ1n) is 9.35. The van der Waals surface area contributed by atoms with E-state index in [1.807, 2.05) is 44.7 Å². The zero-order chi connectivity index (χ0) is 20.1. The van der Waals surface area contributed by atoms with Crippen molar-refractivity contribution in [1.29, 1.82) is 0 Å². The van der Waals surface area contributed by atoms with Gasteiger partial charge in [0.05, 0.1) is 4.90 Å². The van der Waals surface area contributed by atoms with E-state index in [0.29, 0.717) is 16.7 Å². The van der Waals surface area contributed by atoms with Gasteiger partial charge in [0.1, 0.15) is 0 Å². The second-order valence-electron chi connectivity index (χ2n) is 7.71. The Bertz CT molecular complexity index is 757. The first kappa shape index (κ1) is 22.0. The van der Waals surface area contributed by atoms with Crippen molar-refractivity contribution in [3.8, 4) is 0 Å². The fraction of sp³-hybridized carbons (Fsp3) is 0.632. The molecule has 0 spiro atoms. The molecule has 1 heterocycles. The number of benzene rings is 1. The topological polar surface area (TPSA) is 73.8 Å². The van der Waals surface area contributed by atoms with E-state index in [1.165, 1.54) is 0 Å². The predicted molar refractivity (Wildman–Crippen MR) is 115 cm³/mol. The predicted octanol–water partition coefficient (Wildman–Crippen LogP) is 2.67. The Labute approximate surface area is 168 Å². The third-order valence-electron chi connectivity index (χ3n) is 4.25. The number of rotatable bonds is 5. The molecule has 1 aliphatic heterocycles. The minimum Gasteiger partial charge on any atom is -0.352 e. The second kappa shape index (κ2) is 9.30. The number of sulfonamides is 1. The van der Waals surface area contributed by atoms with Gasteiger partial charge in [-0.2, -0.15) is 11.8 Å². The normalized spacial score (nSPS) is 19.2. The number of aliphatic imine (C=N–C) groups is 1. The van der Waals surface area contributed by atoms with Crippen LogP contribution < -0.4 is 10.0 Å². The molecule has 27 heavy (non-hydrogen) atoms. The summed E-state index contributed by atoms with van der Waals surface area (Å²) in [5, 5.41) is 3.96. The maximum Gasteiger partial charge on any atom is 0.241 e. The van der Waals surface area contributed by atoms with Crippen molar-refractivity contribution in [2.24, 2.45) is 4.99 Å². The first-order chi connectivity index (χ1) is 12.7. The molecule has 8 heteroatoms. The molecular formula is C19H32N4O2S2. The van der Waals surface area contributed by atoms with Crippen LogP contribution in [0.3, 0.4) is 0 Å². The highest BCUT2D eigenvalue weighted by molar-refractivity contribution is 8.00. The van der Waals surface area contributed by atoms with Crippen LogP contribution in [0, 0.1) is 0 Å². The van der Waals surface area contributed by atoms with Crippen molar-refractivity contribution in [2.75, 3.05) is 25.9 Å². The number of hydrogen-bond donors (Lipinski definition) is 2. The van der Waals surface area contributed by atoms with Crippen LogP contribution >= 0.6 is 11.8 Å². The number of guanidine groups is 1. The number of nitrogens with zero attached hydrogens (tertiary/aromatic N) is 2. The van der Waals surface area contributed by atoms with E-state index in [1.54, 1.807) is 19.2 Å². The Morgan fingerprint density at radius 1 is 1.33 bits per heavy atom. The van der Waals surface area contributed by atoms with Gasteiger partial charge < -0.3 is 10.2 Å². The number of nitrogens with one attached hydrogen (secondary N) is 2. The van der Waals surface area contributed by atoms with Crippen LogP contribution in [0.25, 0.3) is 0 Å². The van der Waals surface area contributed by atoms with E-state index in [9.17, 15) is 8.42 Å². The lowest BCUT2D eigenvalue weighted by atomic mass is 10.1. The van der Waals surface area contributed by atoms with Gasteiger partial charge in [0.25, 0.3) is 0 Å². The van der Waals surface area contributed by atoms with Gasteiger partial charge in [-0.15, -0.1) is 0 Å². The average molecular weight is 413 g/mol. The molecule has 152 valence electrons. The molecule has 1 aromatic carbocycles. The molecular weight excluding hydrogens is 380 g/mol. The van der Waals surface area contributed by atoms with E-state index in [2.05, 4.69) is 26.9 Å². The van der Waals surface area contributed by atoms with Crippen LogP contribution in [-0.2, 0) is 16.6 Å². The molecule has 1 fully saturated rings. The van der Waals surface area contributed by atoms with Gasteiger partial charge >= 0.3 is 0 Å². The molecule has 1 atom stereocenters. The molecule has 0 saturated carbocycles. The lowest BCUT2D eigenvalue weighted by Gasteiger charge is -2.34. The summed E-state index contributed by atoms with van der Waals surface area (Å²) in [5.41, 5.74) is 0.199. The van der Waals surface area contributed by atoms with E-state index >= 15 is 0 Å². The molecule has 2 N–H and O–H groups in total. The largest absolute Gasteiger partial charge is 0.352 e. The Hall–Kier alpha value is -1.25. The Balaban J connectivity index is 2.14. The molecule has 0 aromatic heterocycles. The molecule has 6 nitrogen and oxygen atoms in total. The Morgan fingerprint density at radius 2 is 2.04 bits per heavy atom. The highest BCUT2D eigenvalue weighted by atomic mass is 32.2. The van der Waals surface area contributed by atoms with E-state index in [4.69, 9.17) is 0 Å². The van der Waals surface area contributed by atoms with E-state index in [-0.39, 0.29) is 0 Å². The van der Waals surface area contributed by atoms with Crippen LogP contribution in [0.1, 0.15) is 39.7 Å². The van der Waals surface area contributed by atoms with Crippen LogP contribution in [0.4, 0.5) is 0 Å². The maximum atomic E-state index is 12.8. The Morgan fingerprint density at radius 3 is 2.67 bits per heavy atom. The van der Waals surface area contributed by atoms with Crippen LogP contribution in [-0.4, -0.2) is 56.0 Å². The lowest BCUT2D eigenvalue weighted by molar-refractivity contribution is 0.408. The van der Waals surface area contributed by atoms with Crippen LogP contribution in [0.5, 0.6) is 0 Å². The molecule has 0 bridgehead atoms. The SMILES string of the molecule is CCC1CN(C(=NC)NCc2ccccc2S(=O)(=O)NC(C)(C)C)CCS1. The fourth-order valence-electron chi connectivity index (χ4n) is 3.04. The standard InChI is InChI=1S/C19H32N4O2S2/c1-6-16-14-23(11-12-26-16)18(20-5)21-13-15-9-7-8-10-17(15)27(24,25)22-19(2,3)4/h7-10,16,22H,6,11-14H2,1-5H3,(H,20,21). The smallest absolute Gasteiger partial charge is 0.241 e. The van der Waals surface area contributed by atoms with Gasteiger partial charge in [0.2, 0.25) is 10.0 Å². The quantitative estimate of drug-likeness (QED) is 0.575. The van der Waals surface area contributed by atoms with Crippen LogP contribution in [0.15, 0.2) is 34.2 Å². The highest BCUT2D eigenvalue weighted by Crippen LogP contribution is 2.21.